The minimum atomic E-state index is -1.14. The minimum absolute atomic E-state index is 0.155. The summed E-state index contributed by atoms with van der Waals surface area (Å²) in [6, 6.07) is 14.6. The van der Waals surface area contributed by atoms with Gasteiger partial charge >= 0.3 is 5.97 Å². The molecule has 0 aliphatic heterocycles. The third kappa shape index (κ3) is 10.7. The van der Waals surface area contributed by atoms with Gasteiger partial charge in [0.1, 0.15) is 18.1 Å². The highest BCUT2D eigenvalue weighted by atomic mass is 32.2. The van der Waals surface area contributed by atoms with E-state index in [1.165, 1.54) is 11.8 Å². The molecule has 0 aliphatic carbocycles. The van der Waals surface area contributed by atoms with Crippen molar-refractivity contribution in [2.45, 2.75) is 63.7 Å². The van der Waals surface area contributed by atoms with Crippen LogP contribution in [0.5, 0.6) is 0 Å². The molecule has 10 heteroatoms. The number of carbonyl (C=O) groups excluding carboxylic acids is 3. The Morgan fingerprint density at radius 1 is 0.821 bits per heavy atom. The number of hydrogen-bond acceptors (Lipinski definition) is 6. The number of amides is 3. The standard InChI is InChI=1S/C29H40N4O5S/c1-4-19(2)25(33-26(34)22(30)17-20-11-7-5-8-12-20)28(36)32-24(18-21-13-9-6-10-14-21)27(35)31-23(29(37)38)15-16-39-3/h5-14,19,22-25H,4,15-18,30H2,1-3H3,(H,31,35)(H,32,36)(H,33,34)(H,37,38). The number of carboxylic acid groups (broad SMARTS) is 1. The van der Waals surface area contributed by atoms with E-state index in [4.69, 9.17) is 5.73 Å². The van der Waals surface area contributed by atoms with Crippen LogP contribution in [0.2, 0.25) is 0 Å². The Morgan fingerprint density at radius 3 is 1.87 bits per heavy atom. The van der Waals surface area contributed by atoms with Gasteiger partial charge in [0, 0.05) is 6.42 Å². The van der Waals surface area contributed by atoms with E-state index in [1.54, 1.807) is 0 Å². The molecule has 2 aromatic rings. The van der Waals surface area contributed by atoms with Gasteiger partial charge in [0.2, 0.25) is 17.7 Å². The Balaban J connectivity index is 2.20. The number of rotatable bonds is 16. The van der Waals surface area contributed by atoms with Crippen LogP contribution in [0.4, 0.5) is 0 Å². The SMILES string of the molecule is CCC(C)C(NC(=O)C(N)Cc1ccccc1)C(=O)NC(Cc1ccccc1)C(=O)NC(CCSC)C(=O)O. The first-order chi connectivity index (χ1) is 18.7. The highest BCUT2D eigenvalue weighted by molar-refractivity contribution is 7.98. The fourth-order valence-electron chi connectivity index (χ4n) is 4.01. The summed E-state index contributed by atoms with van der Waals surface area (Å²) < 4.78 is 0. The zero-order valence-corrected chi connectivity index (χ0v) is 23.6. The third-order valence-corrected chi connectivity index (χ3v) is 7.21. The Bertz CT molecular complexity index is 1070. The van der Waals surface area contributed by atoms with Gasteiger partial charge in [0.05, 0.1) is 6.04 Å². The molecule has 2 rings (SSSR count). The van der Waals surface area contributed by atoms with Crippen molar-refractivity contribution in [3.05, 3.63) is 71.8 Å². The van der Waals surface area contributed by atoms with E-state index in [-0.39, 0.29) is 18.8 Å². The lowest BCUT2D eigenvalue weighted by Crippen LogP contribution is -2.59. The molecule has 0 saturated heterocycles. The largest absolute Gasteiger partial charge is 0.480 e. The summed E-state index contributed by atoms with van der Waals surface area (Å²) in [7, 11) is 0. The maximum absolute atomic E-state index is 13.5. The van der Waals surface area contributed by atoms with Crippen LogP contribution < -0.4 is 21.7 Å². The summed E-state index contributed by atoms with van der Waals surface area (Å²) in [6.45, 7) is 3.74. The maximum atomic E-state index is 13.5. The smallest absolute Gasteiger partial charge is 0.326 e. The number of thioether (sulfide) groups is 1. The quantitative estimate of drug-likeness (QED) is 0.213. The molecule has 0 radical (unpaired) electrons. The lowest BCUT2D eigenvalue weighted by molar-refractivity contribution is -0.142. The summed E-state index contributed by atoms with van der Waals surface area (Å²) >= 11 is 1.48. The van der Waals surface area contributed by atoms with E-state index >= 15 is 0 Å². The lowest BCUT2D eigenvalue weighted by atomic mass is 9.96. The second-order valence-electron chi connectivity index (χ2n) is 9.60. The van der Waals surface area contributed by atoms with Gasteiger partial charge in [-0.3, -0.25) is 14.4 Å². The van der Waals surface area contributed by atoms with Crippen molar-refractivity contribution in [2.24, 2.45) is 11.7 Å². The number of hydrogen-bond donors (Lipinski definition) is 5. The minimum Gasteiger partial charge on any atom is -0.480 e. The molecule has 6 N–H and O–H groups in total. The van der Waals surface area contributed by atoms with Crippen molar-refractivity contribution in [1.29, 1.82) is 0 Å². The highest BCUT2D eigenvalue weighted by Crippen LogP contribution is 2.12. The number of benzene rings is 2. The lowest BCUT2D eigenvalue weighted by Gasteiger charge is -2.28. The van der Waals surface area contributed by atoms with Gasteiger partial charge in [-0.05, 0) is 41.9 Å². The van der Waals surface area contributed by atoms with Crippen LogP contribution >= 0.6 is 11.8 Å². The number of nitrogens with one attached hydrogen (secondary N) is 3. The number of carbonyl (C=O) groups is 4. The average Bonchev–Trinajstić information content (AvgIpc) is 2.93. The van der Waals surface area contributed by atoms with Gasteiger partial charge in [-0.2, -0.15) is 11.8 Å². The number of nitrogens with two attached hydrogens (primary N) is 1. The molecular formula is C29H40N4O5S. The van der Waals surface area contributed by atoms with Crippen LogP contribution in [0, 0.1) is 5.92 Å². The first kappa shape index (κ1) is 31.8. The molecule has 2 aromatic carbocycles. The second kappa shape index (κ2) is 16.6. The van der Waals surface area contributed by atoms with E-state index in [0.29, 0.717) is 18.6 Å². The molecule has 5 unspecified atom stereocenters. The molecule has 0 heterocycles. The fourth-order valence-corrected chi connectivity index (χ4v) is 4.48. The van der Waals surface area contributed by atoms with E-state index in [2.05, 4.69) is 16.0 Å². The van der Waals surface area contributed by atoms with Crippen LogP contribution in [0.3, 0.4) is 0 Å². The first-order valence-electron chi connectivity index (χ1n) is 13.1. The van der Waals surface area contributed by atoms with Crippen LogP contribution in [0.15, 0.2) is 60.7 Å². The molecule has 5 atom stereocenters. The Labute approximate surface area is 234 Å². The Hall–Kier alpha value is -3.37. The molecule has 0 bridgehead atoms. The molecule has 3 amide bonds. The summed E-state index contributed by atoms with van der Waals surface area (Å²) in [5.41, 5.74) is 7.84. The van der Waals surface area contributed by atoms with Crippen molar-refractivity contribution in [3.8, 4) is 0 Å². The van der Waals surface area contributed by atoms with E-state index in [0.717, 1.165) is 11.1 Å². The summed E-state index contributed by atoms with van der Waals surface area (Å²) in [5.74, 6) is -2.43. The molecule has 0 spiro atoms. The van der Waals surface area contributed by atoms with Crippen LogP contribution in [-0.2, 0) is 32.0 Å². The fraction of sp³-hybridized carbons (Fsp3) is 0.448. The molecule has 0 fully saturated rings. The van der Waals surface area contributed by atoms with E-state index in [9.17, 15) is 24.3 Å². The number of carboxylic acids is 1. The predicted octanol–water partition coefficient (Wildman–Crippen LogP) is 2.14. The molecule has 212 valence electrons. The normalized spacial score (nSPS) is 14.8. The monoisotopic (exact) mass is 556 g/mol. The van der Waals surface area contributed by atoms with Gasteiger partial charge in [-0.15, -0.1) is 0 Å². The van der Waals surface area contributed by atoms with Crippen molar-refractivity contribution >= 4 is 35.5 Å². The molecule has 0 saturated carbocycles. The summed E-state index contributed by atoms with van der Waals surface area (Å²) in [5, 5.41) is 17.7. The second-order valence-corrected chi connectivity index (χ2v) is 10.6. The molecule has 0 aromatic heterocycles. The Morgan fingerprint density at radius 2 is 1.36 bits per heavy atom. The van der Waals surface area contributed by atoms with Crippen molar-refractivity contribution in [1.82, 2.24) is 16.0 Å². The van der Waals surface area contributed by atoms with Crippen molar-refractivity contribution < 1.29 is 24.3 Å². The zero-order chi connectivity index (χ0) is 28.8. The van der Waals surface area contributed by atoms with Gasteiger partial charge in [-0.1, -0.05) is 80.9 Å². The van der Waals surface area contributed by atoms with E-state index in [1.807, 2.05) is 80.8 Å². The van der Waals surface area contributed by atoms with Crippen LogP contribution in [0.25, 0.3) is 0 Å². The molecule has 0 aliphatic rings. The van der Waals surface area contributed by atoms with Crippen molar-refractivity contribution in [3.63, 3.8) is 0 Å². The maximum Gasteiger partial charge on any atom is 0.326 e. The molecule has 9 nitrogen and oxygen atoms in total. The Kier molecular flexibility index (Phi) is 13.5. The van der Waals surface area contributed by atoms with Gasteiger partial charge in [0.15, 0.2) is 0 Å². The molecular weight excluding hydrogens is 516 g/mol. The highest BCUT2D eigenvalue weighted by Gasteiger charge is 2.32. The van der Waals surface area contributed by atoms with Crippen LogP contribution in [-0.4, -0.2) is 65.0 Å². The van der Waals surface area contributed by atoms with E-state index < -0.39 is 47.9 Å². The average molecular weight is 557 g/mol. The summed E-state index contributed by atoms with van der Waals surface area (Å²) in [6.07, 6.45) is 3.17. The van der Waals surface area contributed by atoms with Gasteiger partial charge < -0.3 is 26.8 Å². The predicted molar refractivity (Wildman–Crippen MR) is 154 cm³/mol. The van der Waals surface area contributed by atoms with Gasteiger partial charge in [-0.25, -0.2) is 4.79 Å². The zero-order valence-electron chi connectivity index (χ0n) is 22.8. The van der Waals surface area contributed by atoms with Gasteiger partial charge in [0.25, 0.3) is 0 Å². The topological polar surface area (TPSA) is 151 Å². The van der Waals surface area contributed by atoms with Crippen LogP contribution in [0.1, 0.15) is 37.8 Å². The first-order valence-corrected chi connectivity index (χ1v) is 14.5. The van der Waals surface area contributed by atoms with Crippen molar-refractivity contribution in [2.75, 3.05) is 12.0 Å². The molecule has 39 heavy (non-hydrogen) atoms. The summed E-state index contributed by atoms with van der Waals surface area (Å²) in [4.78, 5) is 51.4. The third-order valence-electron chi connectivity index (χ3n) is 6.57. The number of aliphatic carboxylic acids is 1.